The van der Waals surface area contributed by atoms with Gasteiger partial charge in [-0.3, -0.25) is 0 Å². The second-order valence-corrected chi connectivity index (χ2v) is 28.4. The average Bonchev–Trinajstić information content (AvgIpc) is 1.59. The van der Waals surface area contributed by atoms with Crippen molar-refractivity contribution in [1.29, 1.82) is 0 Å². The first-order valence-electron chi connectivity index (χ1n) is 37.7. The third-order valence-corrected chi connectivity index (χ3v) is 21.5. The Bertz CT molecular complexity index is 7080. The molecule has 0 aliphatic heterocycles. The maximum atomic E-state index is 6.65. The zero-order chi connectivity index (χ0) is 74.0. The summed E-state index contributed by atoms with van der Waals surface area (Å²) in [5.41, 5.74) is 32.0. The molecule has 0 aliphatic carbocycles. The van der Waals surface area contributed by atoms with Gasteiger partial charge in [0.2, 0.25) is 11.8 Å². The van der Waals surface area contributed by atoms with Gasteiger partial charge in [-0.2, -0.15) is 0 Å². The van der Waals surface area contributed by atoms with Gasteiger partial charge >= 0.3 is 0 Å². The zero-order valence-corrected chi connectivity index (χ0v) is 60.5. The Kier molecular flexibility index (Phi) is 16.1. The molecular weight excluding hydrogens is 1370 g/mol. The van der Waals surface area contributed by atoms with Crippen molar-refractivity contribution >= 4 is 100 Å². The van der Waals surface area contributed by atoms with E-state index in [2.05, 4.69) is 368 Å². The minimum Gasteiger partial charge on any atom is -0.456 e. The zero-order valence-electron chi connectivity index (χ0n) is 60.5. The summed E-state index contributed by atoms with van der Waals surface area (Å²) in [6.07, 6.45) is 0. The molecule has 0 saturated carbocycles. The van der Waals surface area contributed by atoms with Crippen LogP contribution in [-0.2, 0) is 0 Å². The lowest BCUT2D eigenvalue weighted by atomic mass is 9.93. The summed E-state index contributed by atoms with van der Waals surface area (Å²) in [5.74, 6) is 1.13. The monoisotopic (exact) mass is 1430 g/mol. The third kappa shape index (κ3) is 12.2. The normalized spacial score (nSPS) is 11.6. The van der Waals surface area contributed by atoms with Gasteiger partial charge in [0.15, 0.2) is 11.2 Å². The van der Waals surface area contributed by atoms with Crippen LogP contribution in [0, 0.1) is 0 Å². The first-order valence-corrected chi connectivity index (χ1v) is 37.7. The quantitative estimate of drug-likeness (QED) is 0.0946. The highest BCUT2D eigenvalue weighted by Gasteiger charge is 2.22. The van der Waals surface area contributed by atoms with Crippen LogP contribution in [0.1, 0.15) is 0 Å². The van der Waals surface area contributed by atoms with Gasteiger partial charge in [-0.25, -0.2) is 9.97 Å². The fraction of sp³-hybridized carbons (Fsp3) is 0. The molecule has 8 nitrogen and oxygen atoms in total. The fourth-order valence-corrected chi connectivity index (χ4v) is 15.9. The number of fused-ring (bicyclic) bond motifs is 8. The van der Waals surface area contributed by atoms with Crippen molar-refractivity contribution in [1.82, 2.24) is 9.97 Å². The lowest BCUT2D eigenvalue weighted by molar-refractivity contribution is 0.617. The van der Waals surface area contributed by atoms with E-state index >= 15 is 0 Å². The van der Waals surface area contributed by atoms with Gasteiger partial charge in [0.1, 0.15) is 33.4 Å². The number of benzene rings is 17. The van der Waals surface area contributed by atoms with Crippen LogP contribution in [-0.4, -0.2) is 9.97 Å². The smallest absolute Gasteiger partial charge is 0.227 e. The van der Waals surface area contributed by atoms with Crippen molar-refractivity contribution < 1.29 is 17.7 Å². The van der Waals surface area contributed by atoms with Crippen LogP contribution in [0.2, 0.25) is 0 Å². The maximum Gasteiger partial charge on any atom is 0.227 e. The molecular formula is C104H66N4O4. The topological polar surface area (TPSA) is 84.8 Å². The number of anilines is 6. The largest absolute Gasteiger partial charge is 0.456 e. The molecule has 0 fully saturated rings. The highest BCUT2D eigenvalue weighted by molar-refractivity contribution is 6.11. The molecule has 4 heterocycles. The second-order valence-electron chi connectivity index (χ2n) is 28.4. The third-order valence-electron chi connectivity index (χ3n) is 21.5. The molecule has 0 amide bonds. The summed E-state index contributed by atoms with van der Waals surface area (Å²) in [7, 11) is 0. The molecule has 0 unspecified atom stereocenters. The molecule has 0 N–H and O–H groups in total. The van der Waals surface area contributed by atoms with Gasteiger partial charge in [-0.05, 0) is 235 Å². The lowest BCUT2D eigenvalue weighted by Crippen LogP contribution is -2.10. The summed E-state index contributed by atoms with van der Waals surface area (Å²) in [4.78, 5) is 14.6. The lowest BCUT2D eigenvalue weighted by Gasteiger charge is -2.27. The average molecular weight is 1440 g/mol. The van der Waals surface area contributed by atoms with Crippen LogP contribution in [0.3, 0.4) is 0 Å². The van der Waals surface area contributed by atoms with E-state index < -0.39 is 0 Å². The van der Waals surface area contributed by atoms with Gasteiger partial charge in [0.05, 0.1) is 0 Å². The summed E-state index contributed by atoms with van der Waals surface area (Å²) >= 11 is 0. The Morgan fingerprint density at radius 3 is 0.893 bits per heavy atom. The van der Waals surface area contributed by atoms with Crippen molar-refractivity contribution in [2.24, 2.45) is 0 Å². The molecule has 17 aromatic carbocycles. The Labute approximate surface area is 645 Å². The van der Waals surface area contributed by atoms with Crippen molar-refractivity contribution in [3.05, 3.63) is 400 Å². The SMILES string of the molecule is c1ccc(-c2cccc(-c3ccc(N(c4ccccc4)c4ccc(-c5ccc6c(c5)oc5cc7oc(-c8cccc(-c9cccc(-c%10ccc(N(c%11ccc(-c%12ccc%13c(c%12)oc%12cc%14oc(-c%15ccccc%15)nc%14cc%12%13)cc%11)c%11ccc(-c%12ccccc%12)c(-c%12ccccc%12)c%11)cc%10)c9)c8)nc7cc56)cc4)cc3)c2)cc1. The van der Waals surface area contributed by atoms with E-state index in [1.54, 1.807) is 0 Å². The Morgan fingerprint density at radius 2 is 0.455 bits per heavy atom. The van der Waals surface area contributed by atoms with Crippen LogP contribution < -0.4 is 9.80 Å². The molecule has 4 aromatic heterocycles. The van der Waals surface area contributed by atoms with Crippen molar-refractivity contribution in [2.45, 2.75) is 0 Å². The van der Waals surface area contributed by atoms with Gasteiger partial charge in [-0.1, -0.05) is 243 Å². The van der Waals surface area contributed by atoms with Crippen LogP contribution in [0.5, 0.6) is 0 Å². The van der Waals surface area contributed by atoms with Crippen molar-refractivity contribution in [3.8, 4) is 112 Å². The Hall–Kier alpha value is -15.1. The predicted molar refractivity (Wildman–Crippen MR) is 460 cm³/mol. The second kappa shape index (κ2) is 27.6. The maximum absolute atomic E-state index is 6.65. The molecule has 0 aliphatic rings. The Morgan fingerprint density at radius 1 is 0.161 bits per heavy atom. The first kappa shape index (κ1) is 65.2. The van der Waals surface area contributed by atoms with Gasteiger partial charge in [0, 0.05) is 78.9 Å². The van der Waals surface area contributed by atoms with E-state index in [0.717, 1.165) is 172 Å². The summed E-state index contributed by atoms with van der Waals surface area (Å²) in [5, 5.41) is 4.02. The number of oxazole rings is 2. The number of hydrogen-bond acceptors (Lipinski definition) is 8. The molecule has 8 heteroatoms. The standard InChI is InChI=1S/C104H66N4O4/c1-6-19-67(20-7-1)75-27-16-28-76(57-75)68-35-45-84(46-36-68)107(83-33-14-5-15-34-83)85-47-39-70(40-48-85)80-43-55-91-94-64-96-102(66-100(94)110-98(91)60-80)112-104(106-96)82-32-18-31-79(59-82)78-30-17-29-77(58-78)69-37-49-86(50-38-69)108(88-53-56-89(72-21-8-2-9-22-72)92(62-88)73-23-10-3-11-24-73)87-51-41-71(42-52-87)81-44-54-90-93-63-95-101(65-99(93)109-97(90)61-81)111-103(105-95)74-25-12-4-13-26-74/h1-66H. The Balaban J connectivity index is 0.544. The molecule has 112 heavy (non-hydrogen) atoms. The number of furan rings is 2. The van der Waals surface area contributed by atoms with E-state index in [1.807, 2.05) is 42.5 Å². The fourth-order valence-electron chi connectivity index (χ4n) is 15.9. The van der Waals surface area contributed by atoms with E-state index in [-0.39, 0.29) is 0 Å². The summed E-state index contributed by atoms with van der Waals surface area (Å²) in [6, 6.07) is 141. The molecule has 0 spiro atoms. The number of aromatic nitrogens is 2. The van der Waals surface area contributed by atoms with Gasteiger partial charge in [0.25, 0.3) is 0 Å². The van der Waals surface area contributed by atoms with E-state index in [1.165, 1.54) is 16.7 Å². The van der Waals surface area contributed by atoms with E-state index in [4.69, 9.17) is 27.6 Å². The molecule has 0 radical (unpaired) electrons. The van der Waals surface area contributed by atoms with Gasteiger partial charge < -0.3 is 27.5 Å². The molecule has 0 atom stereocenters. The number of para-hydroxylation sites is 1. The number of rotatable bonds is 16. The van der Waals surface area contributed by atoms with Crippen LogP contribution >= 0.6 is 0 Å². The van der Waals surface area contributed by atoms with E-state index in [0.29, 0.717) is 22.9 Å². The molecule has 0 bridgehead atoms. The van der Waals surface area contributed by atoms with E-state index in [9.17, 15) is 0 Å². The molecule has 0 saturated heterocycles. The van der Waals surface area contributed by atoms with Crippen LogP contribution in [0.25, 0.3) is 178 Å². The van der Waals surface area contributed by atoms with Crippen molar-refractivity contribution in [3.63, 3.8) is 0 Å². The predicted octanol–water partition coefficient (Wildman–Crippen LogP) is 29.4. The minimum atomic E-state index is 0.543. The first-order chi connectivity index (χ1) is 55.4. The van der Waals surface area contributed by atoms with Gasteiger partial charge in [-0.15, -0.1) is 0 Å². The number of hydrogen-bond donors (Lipinski definition) is 0. The van der Waals surface area contributed by atoms with Crippen LogP contribution in [0.4, 0.5) is 34.1 Å². The summed E-state index contributed by atoms with van der Waals surface area (Å²) < 4.78 is 26.0. The summed E-state index contributed by atoms with van der Waals surface area (Å²) in [6.45, 7) is 0. The van der Waals surface area contributed by atoms with Crippen LogP contribution in [0.15, 0.2) is 418 Å². The minimum absolute atomic E-state index is 0.543. The highest BCUT2D eigenvalue weighted by Crippen LogP contribution is 2.46. The highest BCUT2D eigenvalue weighted by atomic mass is 16.4. The molecule has 21 aromatic rings. The molecule has 526 valence electrons. The number of nitrogens with zero attached hydrogens (tertiary/aromatic N) is 4. The molecule has 21 rings (SSSR count). The van der Waals surface area contributed by atoms with Crippen molar-refractivity contribution in [2.75, 3.05) is 9.80 Å².